The maximum Gasteiger partial charge on any atom is 0.251 e. The molecule has 2 aromatic carbocycles. The van der Waals surface area contributed by atoms with E-state index in [-0.39, 0.29) is 30.2 Å². The van der Waals surface area contributed by atoms with E-state index in [0.29, 0.717) is 16.9 Å². The normalized spacial score (nSPS) is 11.6. The second-order valence-corrected chi connectivity index (χ2v) is 7.11. The maximum atomic E-state index is 12.8. The molecule has 29 heavy (non-hydrogen) atoms. The Balaban J connectivity index is 2.06. The molecule has 3 N–H and O–H groups in total. The van der Waals surface area contributed by atoms with Crippen molar-refractivity contribution in [2.24, 2.45) is 5.92 Å². The van der Waals surface area contributed by atoms with E-state index in [1.807, 2.05) is 32.9 Å². The van der Waals surface area contributed by atoms with Gasteiger partial charge in [0, 0.05) is 24.0 Å². The smallest absolute Gasteiger partial charge is 0.251 e. The van der Waals surface area contributed by atoms with Gasteiger partial charge in [-0.05, 0) is 43.2 Å². The average molecular weight is 397 g/mol. The molecule has 0 bridgehead atoms. The molecular formula is C22H27N3O4. The first-order valence-electron chi connectivity index (χ1n) is 9.37. The van der Waals surface area contributed by atoms with Crippen molar-refractivity contribution in [1.29, 1.82) is 0 Å². The monoisotopic (exact) mass is 397 g/mol. The van der Waals surface area contributed by atoms with Gasteiger partial charge in [-0.25, -0.2) is 0 Å². The summed E-state index contributed by atoms with van der Waals surface area (Å²) in [7, 11) is 1.44. The third-order valence-corrected chi connectivity index (χ3v) is 4.24. The maximum absolute atomic E-state index is 12.8. The lowest BCUT2D eigenvalue weighted by Gasteiger charge is -2.22. The molecule has 0 aliphatic heterocycles. The van der Waals surface area contributed by atoms with Crippen LogP contribution in [0.2, 0.25) is 0 Å². The zero-order chi connectivity index (χ0) is 21.4. The minimum absolute atomic E-state index is 0.0585. The average Bonchev–Trinajstić information content (AvgIpc) is 2.66. The molecule has 0 fully saturated rings. The fourth-order valence-corrected chi connectivity index (χ4v) is 2.69. The van der Waals surface area contributed by atoms with Gasteiger partial charge >= 0.3 is 0 Å². The molecule has 0 saturated carbocycles. The Morgan fingerprint density at radius 3 is 2.17 bits per heavy atom. The summed E-state index contributed by atoms with van der Waals surface area (Å²) in [6.45, 7) is 5.61. The van der Waals surface area contributed by atoms with E-state index in [4.69, 9.17) is 4.74 Å². The van der Waals surface area contributed by atoms with Gasteiger partial charge in [-0.15, -0.1) is 0 Å². The first-order valence-corrected chi connectivity index (χ1v) is 9.37. The van der Waals surface area contributed by atoms with Gasteiger partial charge in [0.05, 0.1) is 0 Å². The summed E-state index contributed by atoms with van der Waals surface area (Å²) in [4.78, 5) is 36.9. The zero-order valence-electron chi connectivity index (χ0n) is 17.1. The summed E-state index contributed by atoms with van der Waals surface area (Å²) >= 11 is 0. The van der Waals surface area contributed by atoms with Crippen LogP contribution in [0.1, 0.15) is 29.8 Å². The molecule has 154 valence electrons. The van der Waals surface area contributed by atoms with Gasteiger partial charge in [0.25, 0.3) is 5.91 Å². The van der Waals surface area contributed by atoms with Crippen LogP contribution in [0.4, 0.5) is 11.4 Å². The molecule has 0 aliphatic rings. The van der Waals surface area contributed by atoms with Crippen LogP contribution in [0.3, 0.4) is 0 Å². The van der Waals surface area contributed by atoms with Gasteiger partial charge in [0.15, 0.2) is 0 Å². The number of methoxy groups -OCH3 is 1. The molecule has 1 atom stereocenters. The lowest BCUT2D eigenvalue weighted by Crippen LogP contribution is -2.47. The number of nitrogens with one attached hydrogen (secondary N) is 3. The predicted molar refractivity (Wildman–Crippen MR) is 113 cm³/mol. The SMILES string of the molecule is COCC(=O)Nc1cccc(NC(=O)C(NC(=O)c2ccc(C)cc2)C(C)C)c1. The van der Waals surface area contributed by atoms with Crippen LogP contribution in [0.5, 0.6) is 0 Å². The van der Waals surface area contributed by atoms with Crippen molar-refractivity contribution in [3.63, 3.8) is 0 Å². The Kier molecular flexibility index (Phi) is 7.91. The minimum atomic E-state index is -0.712. The zero-order valence-corrected chi connectivity index (χ0v) is 17.1. The van der Waals surface area contributed by atoms with Crippen LogP contribution < -0.4 is 16.0 Å². The van der Waals surface area contributed by atoms with Crippen molar-refractivity contribution < 1.29 is 19.1 Å². The second kappa shape index (κ2) is 10.4. The van der Waals surface area contributed by atoms with E-state index < -0.39 is 6.04 Å². The Morgan fingerprint density at radius 2 is 1.59 bits per heavy atom. The van der Waals surface area contributed by atoms with E-state index in [0.717, 1.165) is 5.56 Å². The van der Waals surface area contributed by atoms with Crippen molar-refractivity contribution in [2.75, 3.05) is 24.4 Å². The number of carbonyl (C=O) groups excluding carboxylic acids is 3. The first kappa shape index (κ1) is 22.1. The van der Waals surface area contributed by atoms with Crippen LogP contribution in [0.25, 0.3) is 0 Å². The third kappa shape index (κ3) is 6.73. The number of rotatable bonds is 8. The highest BCUT2D eigenvalue weighted by atomic mass is 16.5. The lowest BCUT2D eigenvalue weighted by atomic mass is 10.0. The quantitative estimate of drug-likeness (QED) is 0.638. The van der Waals surface area contributed by atoms with E-state index >= 15 is 0 Å². The molecule has 0 heterocycles. The van der Waals surface area contributed by atoms with Crippen LogP contribution in [0.15, 0.2) is 48.5 Å². The summed E-state index contributed by atoms with van der Waals surface area (Å²) in [5.74, 6) is -1.05. The predicted octanol–water partition coefficient (Wildman–Crippen LogP) is 2.97. The first-order chi connectivity index (χ1) is 13.8. The van der Waals surface area contributed by atoms with Crippen LogP contribution >= 0.6 is 0 Å². The van der Waals surface area contributed by atoms with Crippen molar-refractivity contribution in [3.05, 3.63) is 59.7 Å². The molecule has 2 aromatic rings. The number of anilines is 2. The number of hydrogen-bond acceptors (Lipinski definition) is 4. The Labute approximate surface area is 170 Å². The van der Waals surface area contributed by atoms with Crippen molar-refractivity contribution in [3.8, 4) is 0 Å². The van der Waals surface area contributed by atoms with Gasteiger partial charge in [-0.1, -0.05) is 37.6 Å². The molecular weight excluding hydrogens is 370 g/mol. The molecule has 1 unspecified atom stereocenters. The van der Waals surface area contributed by atoms with E-state index in [9.17, 15) is 14.4 Å². The number of carbonyl (C=O) groups is 3. The largest absolute Gasteiger partial charge is 0.375 e. The summed E-state index contributed by atoms with van der Waals surface area (Å²) in [6.07, 6.45) is 0. The highest BCUT2D eigenvalue weighted by Crippen LogP contribution is 2.16. The fourth-order valence-electron chi connectivity index (χ4n) is 2.69. The highest BCUT2D eigenvalue weighted by Gasteiger charge is 2.25. The molecule has 0 radical (unpaired) electrons. The number of hydrogen-bond donors (Lipinski definition) is 3. The van der Waals surface area contributed by atoms with Crippen LogP contribution in [-0.2, 0) is 14.3 Å². The molecule has 3 amide bonds. The molecule has 0 spiro atoms. The Hall–Kier alpha value is -3.19. The Morgan fingerprint density at radius 1 is 0.966 bits per heavy atom. The summed E-state index contributed by atoms with van der Waals surface area (Å²) in [6, 6.07) is 13.2. The molecule has 2 rings (SSSR count). The third-order valence-electron chi connectivity index (χ3n) is 4.24. The number of aryl methyl sites for hydroxylation is 1. The summed E-state index contributed by atoms with van der Waals surface area (Å²) < 4.78 is 4.79. The van der Waals surface area contributed by atoms with E-state index in [2.05, 4.69) is 16.0 Å². The second-order valence-electron chi connectivity index (χ2n) is 7.11. The standard InChI is InChI=1S/C22H27N3O4/c1-14(2)20(25-21(27)16-10-8-15(3)9-11-16)22(28)24-18-7-5-6-17(12-18)23-19(26)13-29-4/h5-12,14,20H,13H2,1-4H3,(H,23,26)(H,24,28)(H,25,27). The molecule has 7 heteroatoms. The summed E-state index contributed by atoms with van der Waals surface area (Å²) in [5.41, 5.74) is 2.60. The van der Waals surface area contributed by atoms with Gasteiger partial charge in [0.1, 0.15) is 12.6 Å². The summed E-state index contributed by atoms with van der Waals surface area (Å²) in [5, 5.41) is 8.28. The fraction of sp³-hybridized carbons (Fsp3) is 0.318. The van der Waals surface area contributed by atoms with Gasteiger partial charge < -0.3 is 20.7 Å². The van der Waals surface area contributed by atoms with Crippen LogP contribution in [0, 0.1) is 12.8 Å². The minimum Gasteiger partial charge on any atom is -0.375 e. The molecule has 0 saturated heterocycles. The highest BCUT2D eigenvalue weighted by molar-refractivity contribution is 6.01. The van der Waals surface area contributed by atoms with Crippen molar-refractivity contribution in [1.82, 2.24) is 5.32 Å². The number of amides is 3. The van der Waals surface area contributed by atoms with Gasteiger partial charge in [-0.3, -0.25) is 14.4 Å². The van der Waals surface area contributed by atoms with Gasteiger partial charge in [0.2, 0.25) is 11.8 Å². The van der Waals surface area contributed by atoms with Crippen molar-refractivity contribution in [2.45, 2.75) is 26.8 Å². The molecule has 0 aliphatic carbocycles. The van der Waals surface area contributed by atoms with Crippen LogP contribution in [-0.4, -0.2) is 37.5 Å². The molecule has 0 aromatic heterocycles. The number of benzene rings is 2. The lowest BCUT2D eigenvalue weighted by molar-refractivity contribution is -0.120. The molecule has 7 nitrogen and oxygen atoms in total. The topological polar surface area (TPSA) is 96.5 Å². The van der Waals surface area contributed by atoms with Gasteiger partial charge in [-0.2, -0.15) is 0 Å². The van der Waals surface area contributed by atoms with E-state index in [1.165, 1.54) is 7.11 Å². The van der Waals surface area contributed by atoms with Crippen molar-refractivity contribution >= 4 is 29.1 Å². The van der Waals surface area contributed by atoms with E-state index in [1.54, 1.807) is 36.4 Å². The number of ether oxygens (including phenoxy) is 1. The Bertz CT molecular complexity index is 863.